The van der Waals surface area contributed by atoms with Crippen molar-refractivity contribution in [1.82, 2.24) is 10.0 Å². The molecular formula is C22H22N2O7S. The molecule has 2 aromatic carbocycles. The topological polar surface area (TPSA) is 124 Å². The molecule has 0 aliphatic carbocycles. The predicted octanol–water partition coefficient (Wildman–Crippen LogP) is 2.24. The Morgan fingerprint density at radius 3 is 2.41 bits per heavy atom. The summed E-state index contributed by atoms with van der Waals surface area (Å²) in [5.74, 6) is -0.119. The van der Waals surface area contributed by atoms with Crippen LogP contribution in [-0.4, -0.2) is 34.0 Å². The summed E-state index contributed by atoms with van der Waals surface area (Å²) in [5.41, 5.74) is 0.902. The van der Waals surface area contributed by atoms with Gasteiger partial charge in [-0.25, -0.2) is 17.9 Å². The first kappa shape index (κ1) is 23.0. The molecule has 1 amide bonds. The van der Waals surface area contributed by atoms with Crippen molar-refractivity contribution in [2.45, 2.75) is 18.0 Å². The fourth-order valence-electron chi connectivity index (χ4n) is 2.74. The van der Waals surface area contributed by atoms with Crippen LogP contribution in [0.2, 0.25) is 0 Å². The van der Waals surface area contributed by atoms with Crippen LogP contribution in [0.1, 0.15) is 21.7 Å². The highest BCUT2D eigenvalue weighted by Crippen LogP contribution is 2.16. The maximum absolute atomic E-state index is 12.3. The third-order valence-electron chi connectivity index (χ3n) is 4.42. The molecule has 0 bridgehead atoms. The number of methoxy groups -OCH3 is 1. The molecule has 1 heterocycles. The normalized spacial score (nSPS) is 11.0. The second-order valence-corrected chi connectivity index (χ2v) is 8.36. The smallest absolute Gasteiger partial charge is 0.338 e. The van der Waals surface area contributed by atoms with Gasteiger partial charge in [0, 0.05) is 12.1 Å². The van der Waals surface area contributed by atoms with Gasteiger partial charge in [-0.2, -0.15) is 0 Å². The Hall–Kier alpha value is -3.63. The van der Waals surface area contributed by atoms with E-state index in [0.717, 1.165) is 5.56 Å². The molecule has 0 radical (unpaired) electrons. The number of sulfonamides is 1. The highest BCUT2D eigenvalue weighted by molar-refractivity contribution is 7.89. The minimum atomic E-state index is -3.78. The number of nitrogens with one attached hydrogen (secondary N) is 2. The van der Waals surface area contributed by atoms with E-state index in [4.69, 9.17) is 13.9 Å². The van der Waals surface area contributed by atoms with E-state index in [0.29, 0.717) is 11.5 Å². The van der Waals surface area contributed by atoms with Crippen LogP contribution in [0, 0.1) is 0 Å². The molecule has 3 aromatic rings. The third kappa shape index (κ3) is 6.19. The lowest BCUT2D eigenvalue weighted by Crippen LogP contribution is -2.28. The van der Waals surface area contributed by atoms with Gasteiger partial charge in [0.1, 0.15) is 11.5 Å². The Balaban J connectivity index is 1.49. The van der Waals surface area contributed by atoms with Crippen LogP contribution in [-0.2, 0) is 32.6 Å². The van der Waals surface area contributed by atoms with E-state index >= 15 is 0 Å². The zero-order chi connectivity index (χ0) is 23.0. The molecule has 2 N–H and O–H groups in total. The van der Waals surface area contributed by atoms with Gasteiger partial charge in [0.25, 0.3) is 5.91 Å². The second-order valence-electron chi connectivity index (χ2n) is 6.59. The fourth-order valence-corrected chi connectivity index (χ4v) is 3.73. The minimum absolute atomic E-state index is 0.00307. The molecule has 0 aliphatic rings. The molecule has 0 aliphatic heterocycles. The zero-order valence-electron chi connectivity index (χ0n) is 17.2. The highest BCUT2D eigenvalue weighted by atomic mass is 32.2. The van der Waals surface area contributed by atoms with Gasteiger partial charge in [0.15, 0.2) is 6.61 Å². The van der Waals surface area contributed by atoms with Crippen LogP contribution >= 0.6 is 0 Å². The Bertz CT molecular complexity index is 1160. The summed E-state index contributed by atoms with van der Waals surface area (Å²) in [7, 11) is -2.24. The number of esters is 1. The molecular weight excluding hydrogens is 436 g/mol. The van der Waals surface area contributed by atoms with Crippen molar-refractivity contribution in [2.75, 3.05) is 13.7 Å². The Kier molecular flexibility index (Phi) is 7.63. The summed E-state index contributed by atoms with van der Waals surface area (Å²) >= 11 is 0. The maximum atomic E-state index is 12.3. The molecule has 0 atom stereocenters. The number of amides is 1. The Labute approximate surface area is 185 Å². The number of para-hydroxylation sites is 1. The van der Waals surface area contributed by atoms with E-state index in [9.17, 15) is 18.0 Å². The van der Waals surface area contributed by atoms with Crippen molar-refractivity contribution < 1.29 is 31.9 Å². The number of furan rings is 1. The molecule has 0 unspecified atom stereocenters. The molecule has 0 fully saturated rings. The first-order chi connectivity index (χ1) is 15.4. The number of hydrogen-bond acceptors (Lipinski definition) is 7. The van der Waals surface area contributed by atoms with Crippen molar-refractivity contribution in [3.05, 3.63) is 83.8 Å². The Morgan fingerprint density at radius 2 is 1.72 bits per heavy atom. The van der Waals surface area contributed by atoms with Crippen LogP contribution in [0.4, 0.5) is 0 Å². The van der Waals surface area contributed by atoms with E-state index in [1.54, 1.807) is 18.2 Å². The summed E-state index contributed by atoms with van der Waals surface area (Å²) in [6.45, 7) is -0.250. The van der Waals surface area contributed by atoms with E-state index in [1.807, 2.05) is 18.2 Å². The van der Waals surface area contributed by atoms with Crippen molar-refractivity contribution >= 4 is 21.9 Å². The minimum Gasteiger partial charge on any atom is -0.496 e. The third-order valence-corrected chi connectivity index (χ3v) is 5.84. The Morgan fingerprint density at radius 1 is 0.969 bits per heavy atom. The van der Waals surface area contributed by atoms with E-state index in [1.165, 1.54) is 37.6 Å². The van der Waals surface area contributed by atoms with Gasteiger partial charge in [-0.15, -0.1) is 0 Å². The fraction of sp³-hybridized carbons (Fsp3) is 0.182. The molecule has 0 saturated heterocycles. The van der Waals surface area contributed by atoms with Crippen molar-refractivity contribution in [2.24, 2.45) is 0 Å². The van der Waals surface area contributed by atoms with Gasteiger partial charge in [-0.3, -0.25) is 4.79 Å². The van der Waals surface area contributed by atoms with Crippen molar-refractivity contribution in [3.8, 4) is 5.75 Å². The molecule has 0 saturated carbocycles. The number of rotatable bonds is 10. The monoisotopic (exact) mass is 458 g/mol. The average Bonchev–Trinajstić information content (AvgIpc) is 3.34. The molecule has 0 spiro atoms. The standard InChI is InChI=1S/C22H22N2O7S/c1-29-20-7-3-2-5-17(20)13-23-21(25)15-31-22(26)16-8-10-19(11-9-16)32(27,28)24-14-18-6-4-12-30-18/h2-12,24H,13-15H2,1H3,(H,23,25). The zero-order valence-corrected chi connectivity index (χ0v) is 18.1. The largest absolute Gasteiger partial charge is 0.496 e. The quantitative estimate of drug-likeness (QED) is 0.447. The molecule has 10 heteroatoms. The van der Waals surface area contributed by atoms with Gasteiger partial charge in [0.2, 0.25) is 10.0 Å². The molecule has 32 heavy (non-hydrogen) atoms. The van der Waals surface area contributed by atoms with Crippen molar-refractivity contribution in [1.29, 1.82) is 0 Å². The first-order valence-electron chi connectivity index (χ1n) is 9.57. The second kappa shape index (κ2) is 10.6. The van der Waals surface area contributed by atoms with Gasteiger partial charge in [0.05, 0.1) is 30.4 Å². The van der Waals surface area contributed by atoms with E-state index < -0.39 is 28.5 Å². The molecule has 168 valence electrons. The maximum Gasteiger partial charge on any atom is 0.338 e. The molecule has 9 nitrogen and oxygen atoms in total. The summed E-state index contributed by atoms with van der Waals surface area (Å²) in [6.07, 6.45) is 1.45. The van der Waals surface area contributed by atoms with Gasteiger partial charge >= 0.3 is 5.97 Å². The summed E-state index contributed by atoms with van der Waals surface area (Å²) < 4.78 is 42.4. The van der Waals surface area contributed by atoms with E-state index in [2.05, 4.69) is 10.0 Å². The van der Waals surface area contributed by atoms with Crippen LogP contribution in [0.25, 0.3) is 0 Å². The molecule has 3 rings (SSSR count). The van der Waals surface area contributed by atoms with Crippen LogP contribution < -0.4 is 14.8 Å². The number of carbonyl (C=O) groups excluding carboxylic acids is 2. The summed E-state index contributed by atoms with van der Waals surface area (Å²) in [6, 6.07) is 15.7. The first-order valence-corrected chi connectivity index (χ1v) is 11.0. The lowest BCUT2D eigenvalue weighted by Gasteiger charge is -2.10. The lowest BCUT2D eigenvalue weighted by atomic mass is 10.2. The van der Waals surface area contributed by atoms with Crippen LogP contribution in [0.15, 0.2) is 76.2 Å². The summed E-state index contributed by atoms with van der Waals surface area (Å²) in [5, 5.41) is 2.64. The average molecular weight is 458 g/mol. The number of benzene rings is 2. The number of ether oxygens (including phenoxy) is 2. The lowest BCUT2D eigenvalue weighted by molar-refractivity contribution is -0.124. The molecule has 1 aromatic heterocycles. The van der Waals surface area contributed by atoms with Crippen molar-refractivity contribution in [3.63, 3.8) is 0 Å². The van der Waals surface area contributed by atoms with Gasteiger partial charge in [-0.05, 0) is 42.5 Å². The SMILES string of the molecule is COc1ccccc1CNC(=O)COC(=O)c1ccc(S(=O)(=O)NCc2ccco2)cc1. The van der Waals surface area contributed by atoms with Crippen LogP contribution in [0.3, 0.4) is 0 Å². The van der Waals surface area contributed by atoms with Gasteiger partial charge < -0.3 is 19.2 Å². The summed E-state index contributed by atoms with van der Waals surface area (Å²) in [4.78, 5) is 24.1. The van der Waals surface area contributed by atoms with Crippen LogP contribution in [0.5, 0.6) is 5.75 Å². The number of hydrogen-bond donors (Lipinski definition) is 2. The van der Waals surface area contributed by atoms with E-state index in [-0.39, 0.29) is 23.5 Å². The highest BCUT2D eigenvalue weighted by Gasteiger charge is 2.16. The number of carbonyl (C=O) groups is 2. The predicted molar refractivity (Wildman–Crippen MR) is 114 cm³/mol. The van der Waals surface area contributed by atoms with Gasteiger partial charge in [-0.1, -0.05) is 18.2 Å².